The van der Waals surface area contributed by atoms with Gasteiger partial charge in [0, 0.05) is 0 Å². The topological polar surface area (TPSA) is 0 Å². The molecule has 1 heteroatoms. The first-order chi connectivity index (χ1) is 5.34. The Kier molecular flexibility index (Phi) is 3.72. The summed E-state index contributed by atoms with van der Waals surface area (Å²) in [6.07, 6.45) is 3.80. The van der Waals surface area contributed by atoms with Crippen molar-refractivity contribution < 1.29 is 0 Å². The zero-order valence-electron chi connectivity index (χ0n) is 6.88. The Hall–Kier alpha value is -0.222. The van der Waals surface area contributed by atoms with E-state index in [1.807, 2.05) is 0 Å². The van der Waals surface area contributed by atoms with Crippen molar-refractivity contribution in [2.45, 2.75) is 26.2 Å². The van der Waals surface area contributed by atoms with Crippen LogP contribution < -0.4 is 4.35 Å². The van der Waals surface area contributed by atoms with Crippen LogP contribution in [0.5, 0.6) is 0 Å². The van der Waals surface area contributed by atoms with Crippen molar-refractivity contribution in [1.82, 2.24) is 0 Å². The van der Waals surface area contributed by atoms with Crippen molar-refractivity contribution in [3.63, 3.8) is 0 Å². The third-order valence-corrected chi connectivity index (χ3v) is 2.71. The number of hydrogen-bond acceptors (Lipinski definition) is 0. The first kappa shape index (κ1) is 8.87. The van der Waals surface area contributed by atoms with Crippen LogP contribution in [0.3, 0.4) is 0 Å². The summed E-state index contributed by atoms with van der Waals surface area (Å²) >= 11 is 2.63. The van der Waals surface area contributed by atoms with Crippen molar-refractivity contribution in [2.24, 2.45) is 0 Å². The molecule has 0 bridgehead atoms. The molecule has 0 aliphatic rings. The molecular formula is C10H13As. The number of aryl methyl sites for hydroxylation is 1. The maximum atomic E-state index is 2.63. The second-order valence-electron chi connectivity index (χ2n) is 2.73. The Balaban J connectivity index is 2.62. The minimum absolute atomic E-state index is 1.22. The van der Waals surface area contributed by atoms with Crippen LogP contribution in [0, 0.1) is 0 Å². The van der Waals surface area contributed by atoms with E-state index < -0.39 is 0 Å². The molecule has 0 amide bonds. The van der Waals surface area contributed by atoms with Crippen LogP contribution in [0.25, 0.3) is 0 Å². The van der Waals surface area contributed by atoms with Crippen molar-refractivity contribution in [3.8, 4) is 0 Å². The summed E-state index contributed by atoms with van der Waals surface area (Å²) < 4.78 is 1.37. The molecule has 58 valence electrons. The fraction of sp³-hybridized carbons (Fsp3) is 0.400. The second-order valence-corrected chi connectivity index (χ2v) is 3.74. The van der Waals surface area contributed by atoms with Gasteiger partial charge in [-0.2, -0.15) is 0 Å². The average Bonchev–Trinajstić information content (AvgIpc) is 2.03. The molecule has 0 nitrogen and oxygen atoms in total. The van der Waals surface area contributed by atoms with Crippen LogP contribution in [-0.2, 0) is 6.42 Å². The molecule has 1 rings (SSSR count). The van der Waals surface area contributed by atoms with Crippen LogP contribution in [0.2, 0.25) is 0 Å². The Morgan fingerprint density at radius 2 is 2.00 bits per heavy atom. The van der Waals surface area contributed by atoms with E-state index in [9.17, 15) is 0 Å². The summed E-state index contributed by atoms with van der Waals surface area (Å²) in [5, 5.41) is 0. The summed E-state index contributed by atoms with van der Waals surface area (Å²) in [5.41, 5.74) is 1.48. The predicted octanol–water partition coefficient (Wildman–Crippen LogP) is 1.82. The fourth-order valence-corrected chi connectivity index (χ4v) is 1.66. The van der Waals surface area contributed by atoms with E-state index in [0.29, 0.717) is 0 Å². The maximum absolute atomic E-state index is 2.63. The van der Waals surface area contributed by atoms with Gasteiger partial charge in [-0.05, 0) is 0 Å². The molecule has 0 aliphatic heterocycles. The quantitative estimate of drug-likeness (QED) is 0.664. The van der Waals surface area contributed by atoms with E-state index in [2.05, 4.69) is 48.0 Å². The van der Waals surface area contributed by atoms with E-state index in [4.69, 9.17) is 0 Å². The van der Waals surface area contributed by atoms with Crippen LogP contribution >= 0.6 is 0 Å². The van der Waals surface area contributed by atoms with Gasteiger partial charge in [-0.25, -0.2) is 0 Å². The van der Waals surface area contributed by atoms with E-state index >= 15 is 0 Å². The zero-order chi connectivity index (χ0) is 8.10. The van der Waals surface area contributed by atoms with Gasteiger partial charge in [-0.1, -0.05) is 0 Å². The van der Waals surface area contributed by atoms with E-state index in [1.165, 1.54) is 29.2 Å². The van der Waals surface area contributed by atoms with Gasteiger partial charge < -0.3 is 0 Å². The molecular weight excluding hydrogens is 195 g/mol. The zero-order valence-corrected chi connectivity index (χ0v) is 8.75. The average molecular weight is 208 g/mol. The molecule has 0 saturated carbocycles. The molecule has 1 aromatic rings. The van der Waals surface area contributed by atoms with Gasteiger partial charge in [0.1, 0.15) is 0 Å². The third kappa shape index (κ3) is 2.71. The number of rotatable bonds is 3. The molecule has 0 saturated heterocycles. The van der Waals surface area contributed by atoms with Crippen molar-refractivity contribution >= 4 is 21.2 Å². The molecule has 1 aromatic carbocycles. The Bertz CT molecular complexity index is 218. The van der Waals surface area contributed by atoms with Crippen molar-refractivity contribution in [2.75, 3.05) is 0 Å². The third-order valence-electron chi connectivity index (χ3n) is 1.79. The molecule has 0 aliphatic carbocycles. The van der Waals surface area contributed by atoms with E-state index in [-0.39, 0.29) is 0 Å². The van der Waals surface area contributed by atoms with Crippen molar-refractivity contribution in [1.29, 1.82) is 0 Å². The van der Waals surface area contributed by atoms with Gasteiger partial charge in [0.05, 0.1) is 0 Å². The monoisotopic (exact) mass is 208 g/mol. The molecule has 0 aromatic heterocycles. The SMILES string of the molecule is CCCCc1ccccc1[As]. The standard InChI is InChI=1S/C10H13As/c1-2-3-6-9-7-4-5-8-10(9)11/h4-5,7-8H,2-3,6H2,1H3. The van der Waals surface area contributed by atoms with Gasteiger partial charge >= 0.3 is 77.2 Å². The minimum atomic E-state index is 1.22. The number of hydrogen-bond donors (Lipinski definition) is 0. The molecule has 0 heterocycles. The summed E-state index contributed by atoms with van der Waals surface area (Å²) in [6.45, 7) is 2.23. The van der Waals surface area contributed by atoms with Gasteiger partial charge in [0.2, 0.25) is 0 Å². The Morgan fingerprint density at radius 3 is 2.64 bits per heavy atom. The molecule has 0 spiro atoms. The van der Waals surface area contributed by atoms with Crippen LogP contribution in [0.15, 0.2) is 24.3 Å². The molecule has 0 fully saturated rings. The molecule has 2 radical (unpaired) electrons. The van der Waals surface area contributed by atoms with Crippen molar-refractivity contribution in [3.05, 3.63) is 29.8 Å². The summed E-state index contributed by atoms with van der Waals surface area (Å²) in [5.74, 6) is 0. The first-order valence-electron chi connectivity index (χ1n) is 4.11. The van der Waals surface area contributed by atoms with Crippen LogP contribution in [-0.4, -0.2) is 16.9 Å². The summed E-state index contributed by atoms with van der Waals surface area (Å²) in [4.78, 5) is 0. The van der Waals surface area contributed by atoms with E-state index in [1.54, 1.807) is 0 Å². The van der Waals surface area contributed by atoms with Crippen LogP contribution in [0.1, 0.15) is 25.3 Å². The van der Waals surface area contributed by atoms with Gasteiger partial charge in [0.25, 0.3) is 0 Å². The Morgan fingerprint density at radius 1 is 1.27 bits per heavy atom. The van der Waals surface area contributed by atoms with E-state index in [0.717, 1.165) is 0 Å². The molecule has 11 heavy (non-hydrogen) atoms. The molecule has 0 unspecified atom stereocenters. The first-order valence-corrected chi connectivity index (χ1v) is 5.05. The Labute approximate surface area is 77.5 Å². The van der Waals surface area contributed by atoms with Gasteiger partial charge in [-0.3, -0.25) is 0 Å². The number of unbranched alkanes of at least 4 members (excludes halogenated alkanes) is 1. The predicted molar refractivity (Wildman–Crippen MR) is 50.4 cm³/mol. The molecule has 0 N–H and O–H groups in total. The van der Waals surface area contributed by atoms with Gasteiger partial charge in [-0.15, -0.1) is 0 Å². The van der Waals surface area contributed by atoms with Crippen LogP contribution in [0.4, 0.5) is 0 Å². The summed E-state index contributed by atoms with van der Waals surface area (Å²) in [6, 6.07) is 8.57. The fourth-order valence-electron chi connectivity index (χ4n) is 1.09. The number of benzene rings is 1. The molecule has 0 atom stereocenters. The normalized spacial score (nSPS) is 10.0. The second kappa shape index (κ2) is 4.61. The van der Waals surface area contributed by atoms with Gasteiger partial charge in [0.15, 0.2) is 0 Å². The summed E-state index contributed by atoms with van der Waals surface area (Å²) in [7, 11) is 0.